The third kappa shape index (κ3) is 6.10. The summed E-state index contributed by atoms with van der Waals surface area (Å²) in [6.07, 6.45) is 2.01. The SMILES string of the molecule is CCCCNC(=O)CS(=O)C(C)CN. The lowest BCUT2D eigenvalue weighted by Crippen LogP contribution is -2.33. The van der Waals surface area contributed by atoms with E-state index in [0.29, 0.717) is 13.1 Å². The molecule has 0 saturated carbocycles. The first-order chi connectivity index (χ1) is 6.61. The van der Waals surface area contributed by atoms with Gasteiger partial charge in [0.05, 0.1) is 0 Å². The summed E-state index contributed by atoms with van der Waals surface area (Å²) >= 11 is 0. The molecule has 0 spiro atoms. The molecule has 0 aromatic rings. The predicted molar refractivity (Wildman–Crippen MR) is 59.4 cm³/mol. The van der Waals surface area contributed by atoms with Crippen LogP contribution in [0.15, 0.2) is 0 Å². The highest BCUT2D eigenvalue weighted by Crippen LogP contribution is 1.93. The number of hydrogen-bond donors (Lipinski definition) is 2. The van der Waals surface area contributed by atoms with E-state index in [4.69, 9.17) is 5.73 Å². The molecule has 2 unspecified atom stereocenters. The average Bonchev–Trinajstić information content (AvgIpc) is 2.16. The van der Waals surface area contributed by atoms with Crippen molar-refractivity contribution in [3.63, 3.8) is 0 Å². The third-order valence-corrected chi connectivity index (χ3v) is 3.54. The van der Waals surface area contributed by atoms with Gasteiger partial charge < -0.3 is 11.1 Å². The lowest BCUT2D eigenvalue weighted by atomic mass is 10.3. The van der Waals surface area contributed by atoms with Gasteiger partial charge in [0, 0.05) is 29.1 Å². The number of nitrogens with one attached hydrogen (secondary N) is 1. The summed E-state index contributed by atoms with van der Waals surface area (Å²) in [6.45, 7) is 4.87. The normalized spacial score (nSPS) is 14.8. The van der Waals surface area contributed by atoms with Crippen LogP contribution >= 0.6 is 0 Å². The Morgan fingerprint density at radius 3 is 2.71 bits per heavy atom. The summed E-state index contributed by atoms with van der Waals surface area (Å²) < 4.78 is 11.4. The van der Waals surface area contributed by atoms with Crippen molar-refractivity contribution >= 4 is 16.7 Å². The van der Waals surface area contributed by atoms with Crippen molar-refractivity contribution in [2.75, 3.05) is 18.8 Å². The van der Waals surface area contributed by atoms with Gasteiger partial charge in [-0.25, -0.2) is 0 Å². The average molecular weight is 220 g/mol. The molecule has 0 aliphatic rings. The number of nitrogens with two attached hydrogens (primary N) is 1. The first-order valence-electron chi connectivity index (χ1n) is 4.95. The molecule has 14 heavy (non-hydrogen) atoms. The Balaban J connectivity index is 3.66. The molecule has 0 heterocycles. The number of carbonyl (C=O) groups excluding carboxylic acids is 1. The van der Waals surface area contributed by atoms with Gasteiger partial charge in [-0.15, -0.1) is 0 Å². The van der Waals surface area contributed by atoms with Crippen LogP contribution in [0.2, 0.25) is 0 Å². The van der Waals surface area contributed by atoms with Gasteiger partial charge in [-0.3, -0.25) is 9.00 Å². The topological polar surface area (TPSA) is 72.2 Å². The van der Waals surface area contributed by atoms with E-state index in [1.165, 1.54) is 0 Å². The van der Waals surface area contributed by atoms with E-state index in [9.17, 15) is 9.00 Å². The van der Waals surface area contributed by atoms with E-state index in [2.05, 4.69) is 12.2 Å². The molecule has 0 aliphatic heterocycles. The number of amides is 1. The molecule has 0 radical (unpaired) electrons. The second-order valence-corrected chi connectivity index (χ2v) is 5.13. The van der Waals surface area contributed by atoms with Crippen LogP contribution in [0.5, 0.6) is 0 Å². The van der Waals surface area contributed by atoms with Gasteiger partial charge in [0.2, 0.25) is 5.91 Å². The monoisotopic (exact) mass is 220 g/mol. The van der Waals surface area contributed by atoms with Crippen molar-refractivity contribution in [2.24, 2.45) is 5.73 Å². The van der Waals surface area contributed by atoms with Crippen LogP contribution in [0.4, 0.5) is 0 Å². The third-order valence-electron chi connectivity index (χ3n) is 1.91. The van der Waals surface area contributed by atoms with Gasteiger partial charge in [0.1, 0.15) is 5.75 Å². The van der Waals surface area contributed by atoms with Gasteiger partial charge in [0.15, 0.2) is 0 Å². The highest BCUT2D eigenvalue weighted by molar-refractivity contribution is 7.86. The number of carbonyl (C=O) groups is 1. The van der Waals surface area contributed by atoms with Crippen molar-refractivity contribution in [1.82, 2.24) is 5.32 Å². The second-order valence-electron chi connectivity index (χ2n) is 3.27. The lowest BCUT2D eigenvalue weighted by molar-refractivity contribution is -0.118. The first-order valence-corrected chi connectivity index (χ1v) is 6.34. The molecule has 0 aromatic heterocycles. The van der Waals surface area contributed by atoms with E-state index in [0.717, 1.165) is 12.8 Å². The molecule has 84 valence electrons. The van der Waals surface area contributed by atoms with Crippen LogP contribution < -0.4 is 11.1 Å². The quantitative estimate of drug-likeness (QED) is 0.593. The molecule has 1 amide bonds. The van der Waals surface area contributed by atoms with Crippen molar-refractivity contribution in [2.45, 2.75) is 31.9 Å². The fourth-order valence-corrected chi connectivity index (χ4v) is 1.69. The van der Waals surface area contributed by atoms with Gasteiger partial charge >= 0.3 is 0 Å². The van der Waals surface area contributed by atoms with Crippen LogP contribution in [0.3, 0.4) is 0 Å². The summed E-state index contributed by atoms with van der Waals surface area (Å²) in [7, 11) is -1.14. The van der Waals surface area contributed by atoms with Crippen LogP contribution in [-0.4, -0.2) is 34.2 Å². The van der Waals surface area contributed by atoms with Crippen LogP contribution in [0.25, 0.3) is 0 Å². The number of hydrogen-bond acceptors (Lipinski definition) is 3. The highest BCUT2D eigenvalue weighted by atomic mass is 32.2. The molecule has 0 bridgehead atoms. The van der Waals surface area contributed by atoms with Crippen molar-refractivity contribution in [3.8, 4) is 0 Å². The van der Waals surface area contributed by atoms with Gasteiger partial charge in [-0.1, -0.05) is 13.3 Å². The smallest absolute Gasteiger partial charge is 0.232 e. The largest absolute Gasteiger partial charge is 0.355 e. The summed E-state index contributed by atoms with van der Waals surface area (Å²) in [5.41, 5.74) is 5.35. The van der Waals surface area contributed by atoms with Crippen molar-refractivity contribution < 1.29 is 9.00 Å². The maximum absolute atomic E-state index is 11.4. The zero-order valence-electron chi connectivity index (χ0n) is 8.91. The minimum absolute atomic E-state index is 0.0715. The van der Waals surface area contributed by atoms with Crippen LogP contribution in [-0.2, 0) is 15.6 Å². The van der Waals surface area contributed by atoms with Gasteiger partial charge in [0.25, 0.3) is 0 Å². The Labute approximate surface area is 88.1 Å². The van der Waals surface area contributed by atoms with Crippen molar-refractivity contribution in [3.05, 3.63) is 0 Å². The zero-order valence-corrected chi connectivity index (χ0v) is 9.73. The Morgan fingerprint density at radius 1 is 1.57 bits per heavy atom. The Bertz CT molecular complexity index is 197. The fraction of sp³-hybridized carbons (Fsp3) is 0.889. The Morgan fingerprint density at radius 2 is 2.21 bits per heavy atom. The molecule has 0 saturated heterocycles. The molecule has 5 heteroatoms. The summed E-state index contributed by atoms with van der Waals surface area (Å²) in [5, 5.41) is 2.62. The number of rotatable bonds is 7. The standard InChI is InChI=1S/C9H20N2O2S/c1-3-4-5-11-9(12)7-14(13)8(2)6-10/h8H,3-7,10H2,1-2H3,(H,11,12). The van der Waals surface area contributed by atoms with Crippen LogP contribution in [0, 0.1) is 0 Å². The molecule has 3 N–H and O–H groups in total. The maximum atomic E-state index is 11.4. The molecular formula is C9H20N2O2S. The fourth-order valence-electron chi connectivity index (χ4n) is 0.834. The second kappa shape index (κ2) is 7.94. The van der Waals surface area contributed by atoms with E-state index >= 15 is 0 Å². The maximum Gasteiger partial charge on any atom is 0.232 e. The van der Waals surface area contributed by atoms with Gasteiger partial charge in [-0.2, -0.15) is 0 Å². The molecular weight excluding hydrogens is 200 g/mol. The van der Waals surface area contributed by atoms with E-state index in [1.807, 2.05) is 0 Å². The molecule has 4 nitrogen and oxygen atoms in total. The van der Waals surface area contributed by atoms with E-state index < -0.39 is 10.8 Å². The van der Waals surface area contributed by atoms with E-state index in [1.54, 1.807) is 6.92 Å². The van der Waals surface area contributed by atoms with Crippen molar-refractivity contribution in [1.29, 1.82) is 0 Å². The molecule has 0 rings (SSSR count). The molecule has 0 fully saturated rings. The molecule has 0 aromatic carbocycles. The number of unbranched alkanes of at least 4 members (excludes halogenated alkanes) is 1. The Hall–Kier alpha value is -0.420. The lowest BCUT2D eigenvalue weighted by Gasteiger charge is -2.08. The van der Waals surface area contributed by atoms with Gasteiger partial charge in [-0.05, 0) is 13.3 Å². The minimum atomic E-state index is -1.14. The molecule has 2 atom stereocenters. The predicted octanol–water partition coefficient (Wildman–Crippen LogP) is -0.00140. The summed E-state index contributed by atoms with van der Waals surface area (Å²) in [4.78, 5) is 11.2. The zero-order chi connectivity index (χ0) is 11.0. The highest BCUT2D eigenvalue weighted by Gasteiger charge is 2.12. The minimum Gasteiger partial charge on any atom is -0.355 e. The summed E-state index contributed by atoms with van der Waals surface area (Å²) in [6, 6.07) is 0. The first kappa shape index (κ1) is 13.6. The van der Waals surface area contributed by atoms with E-state index in [-0.39, 0.29) is 16.9 Å². The summed E-state index contributed by atoms with van der Waals surface area (Å²) in [5.74, 6) is -0.0701. The Kier molecular flexibility index (Phi) is 7.70. The van der Waals surface area contributed by atoms with Crippen LogP contribution in [0.1, 0.15) is 26.7 Å². The molecule has 0 aliphatic carbocycles.